The van der Waals surface area contributed by atoms with E-state index in [4.69, 9.17) is 11.6 Å². The number of anilines is 1. The molecule has 2 aromatic heterocycles. The second kappa shape index (κ2) is 9.72. The van der Waals surface area contributed by atoms with E-state index in [1.54, 1.807) is 23.6 Å². The molecule has 0 fully saturated rings. The summed E-state index contributed by atoms with van der Waals surface area (Å²) in [6.45, 7) is 6.48. The number of aryl methyl sites for hydroxylation is 2. The van der Waals surface area contributed by atoms with Crippen LogP contribution in [0.1, 0.15) is 36.7 Å². The van der Waals surface area contributed by atoms with Gasteiger partial charge in [-0.3, -0.25) is 18.8 Å². The number of fused-ring (bicyclic) bond motifs is 1. The number of para-hydroxylation sites is 1. The normalized spacial score (nSPS) is 15.6. The first kappa shape index (κ1) is 24.0. The van der Waals surface area contributed by atoms with Crippen molar-refractivity contribution in [3.05, 3.63) is 114 Å². The van der Waals surface area contributed by atoms with E-state index in [-0.39, 0.29) is 11.5 Å². The number of carbonyl (C=O) groups is 1. The Hall–Kier alpha value is -3.75. The van der Waals surface area contributed by atoms with Crippen molar-refractivity contribution in [3.8, 4) is 0 Å². The average Bonchev–Trinajstić information content (AvgIpc) is 3.38. The van der Waals surface area contributed by atoms with Gasteiger partial charge in [-0.15, -0.1) is 0 Å². The van der Waals surface area contributed by atoms with Gasteiger partial charge in [0.2, 0.25) is 0 Å². The summed E-state index contributed by atoms with van der Waals surface area (Å²) >= 11 is 7.46. The number of carbonyl (C=O) groups excluding carboxylic acids is 1. The maximum Gasteiger partial charge on any atom is 0.271 e. The zero-order chi connectivity index (χ0) is 25.4. The fourth-order valence-corrected chi connectivity index (χ4v) is 5.43. The van der Waals surface area contributed by atoms with E-state index in [2.05, 4.69) is 15.4 Å². The lowest BCUT2D eigenvalue weighted by Crippen LogP contribution is -2.40. The number of hydrogen-bond donors (Lipinski definition) is 1. The molecule has 0 aliphatic carbocycles. The second-order valence-corrected chi connectivity index (χ2v) is 9.92. The largest absolute Gasteiger partial charge is 0.322 e. The Morgan fingerprint density at radius 2 is 1.86 bits per heavy atom. The first-order valence-electron chi connectivity index (χ1n) is 11.5. The van der Waals surface area contributed by atoms with Gasteiger partial charge in [-0.25, -0.2) is 4.99 Å². The third-order valence-electron chi connectivity index (χ3n) is 6.08. The Morgan fingerprint density at radius 1 is 1.14 bits per heavy atom. The monoisotopic (exact) mass is 517 g/mol. The quantitative estimate of drug-likeness (QED) is 0.433. The van der Waals surface area contributed by atoms with Crippen molar-refractivity contribution in [1.82, 2.24) is 14.3 Å². The summed E-state index contributed by atoms with van der Waals surface area (Å²) in [5.41, 5.74) is 3.92. The molecule has 0 saturated carbocycles. The van der Waals surface area contributed by atoms with Crippen LogP contribution in [0.25, 0.3) is 6.08 Å². The van der Waals surface area contributed by atoms with Crippen molar-refractivity contribution in [2.24, 2.45) is 4.99 Å². The Balaban J connectivity index is 1.68. The molecule has 1 amide bonds. The molecule has 9 heteroatoms. The first-order valence-corrected chi connectivity index (χ1v) is 12.7. The summed E-state index contributed by atoms with van der Waals surface area (Å²) in [6, 6.07) is 15.8. The summed E-state index contributed by atoms with van der Waals surface area (Å²) in [4.78, 5) is 32.5. The van der Waals surface area contributed by atoms with Crippen LogP contribution in [0.2, 0.25) is 5.02 Å². The molecule has 4 aromatic rings. The van der Waals surface area contributed by atoms with Crippen LogP contribution in [0.4, 0.5) is 5.69 Å². The van der Waals surface area contributed by atoms with Crippen molar-refractivity contribution in [2.45, 2.75) is 33.4 Å². The van der Waals surface area contributed by atoms with Crippen molar-refractivity contribution < 1.29 is 4.79 Å². The fraction of sp³-hybridized carbons (Fsp3) is 0.185. The van der Waals surface area contributed by atoms with Crippen LogP contribution in [-0.2, 0) is 11.3 Å². The van der Waals surface area contributed by atoms with Crippen LogP contribution in [0.5, 0.6) is 0 Å². The van der Waals surface area contributed by atoms with Crippen LogP contribution in [0.3, 0.4) is 0 Å². The van der Waals surface area contributed by atoms with E-state index in [0.29, 0.717) is 31.3 Å². The highest BCUT2D eigenvalue weighted by atomic mass is 35.5. The Kier molecular flexibility index (Phi) is 6.47. The highest BCUT2D eigenvalue weighted by Gasteiger charge is 2.32. The molecule has 1 N–H and O–H groups in total. The Morgan fingerprint density at radius 3 is 2.53 bits per heavy atom. The highest BCUT2D eigenvalue weighted by molar-refractivity contribution is 7.07. The van der Waals surface area contributed by atoms with Gasteiger partial charge >= 0.3 is 0 Å². The molecule has 0 unspecified atom stereocenters. The summed E-state index contributed by atoms with van der Waals surface area (Å²) < 4.78 is 3.97. The van der Waals surface area contributed by atoms with Gasteiger partial charge in [0.15, 0.2) is 4.80 Å². The van der Waals surface area contributed by atoms with Gasteiger partial charge in [0.05, 0.1) is 27.5 Å². The van der Waals surface area contributed by atoms with Gasteiger partial charge in [-0.2, -0.15) is 5.10 Å². The molecular formula is C27H24ClN5O2S. The molecule has 1 aliphatic rings. The smallest absolute Gasteiger partial charge is 0.271 e. The molecular weight excluding hydrogens is 494 g/mol. The second-order valence-electron chi connectivity index (χ2n) is 8.48. The van der Waals surface area contributed by atoms with E-state index < -0.39 is 6.04 Å². The fourth-order valence-electron chi connectivity index (χ4n) is 4.27. The predicted octanol–water partition coefficient (Wildman–Crippen LogP) is 4.05. The Bertz CT molecular complexity index is 1660. The molecule has 2 aromatic carbocycles. The third-order valence-corrected chi connectivity index (χ3v) is 7.31. The minimum Gasteiger partial charge on any atom is -0.322 e. The molecule has 0 saturated heterocycles. The average molecular weight is 518 g/mol. The number of allylic oxidation sites excluding steroid dienone is 1. The van der Waals surface area contributed by atoms with Gasteiger partial charge < -0.3 is 5.32 Å². The van der Waals surface area contributed by atoms with E-state index in [1.807, 2.05) is 73.3 Å². The summed E-state index contributed by atoms with van der Waals surface area (Å²) in [6.07, 6.45) is 3.77. The predicted molar refractivity (Wildman–Crippen MR) is 143 cm³/mol. The molecule has 1 atom stereocenters. The summed E-state index contributed by atoms with van der Waals surface area (Å²) in [5, 5.41) is 8.01. The number of amides is 1. The van der Waals surface area contributed by atoms with Crippen LogP contribution in [0, 0.1) is 6.92 Å². The third kappa shape index (κ3) is 4.45. The van der Waals surface area contributed by atoms with Crippen molar-refractivity contribution in [1.29, 1.82) is 0 Å². The van der Waals surface area contributed by atoms with Gasteiger partial charge in [-0.05, 0) is 56.7 Å². The van der Waals surface area contributed by atoms with E-state index in [0.717, 1.165) is 23.4 Å². The van der Waals surface area contributed by atoms with Gasteiger partial charge in [-0.1, -0.05) is 53.3 Å². The SMILES string of the molecule is CCn1cc(/C=c2/sc3n(c2=O)[C@H](c2ccc(Cl)cc2)C(C(=O)Nc2ccccc2)=C(C)N=3)c(C)n1. The number of aromatic nitrogens is 3. The van der Waals surface area contributed by atoms with Crippen LogP contribution >= 0.6 is 22.9 Å². The van der Waals surface area contributed by atoms with Crippen molar-refractivity contribution in [3.63, 3.8) is 0 Å². The topological polar surface area (TPSA) is 81.3 Å². The van der Waals surface area contributed by atoms with Crippen molar-refractivity contribution >= 4 is 40.6 Å². The summed E-state index contributed by atoms with van der Waals surface area (Å²) in [7, 11) is 0. The maximum atomic E-state index is 13.8. The summed E-state index contributed by atoms with van der Waals surface area (Å²) in [5.74, 6) is -0.309. The standard InChI is InChI=1S/C27H24ClN5O2S/c1-4-32-15-19(16(2)31-32)14-22-26(35)33-24(18-10-12-20(28)13-11-18)23(17(3)29-27(33)36-22)25(34)30-21-8-6-5-7-9-21/h5-15,24H,4H2,1-3H3,(H,30,34)/b22-14+/t24-/m1/s1. The highest BCUT2D eigenvalue weighted by Crippen LogP contribution is 2.31. The number of hydrogen-bond acceptors (Lipinski definition) is 5. The lowest BCUT2D eigenvalue weighted by atomic mass is 9.95. The zero-order valence-electron chi connectivity index (χ0n) is 20.0. The minimum absolute atomic E-state index is 0.208. The number of rotatable bonds is 5. The molecule has 0 radical (unpaired) electrons. The van der Waals surface area contributed by atoms with Gasteiger partial charge in [0, 0.05) is 29.0 Å². The molecule has 1 aliphatic heterocycles. The van der Waals surface area contributed by atoms with E-state index in [9.17, 15) is 9.59 Å². The lowest BCUT2D eigenvalue weighted by molar-refractivity contribution is -0.113. The Labute approximate surface area is 216 Å². The van der Waals surface area contributed by atoms with Gasteiger partial charge in [0.25, 0.3) is 11.5 Å². The van der Waals surface area contributed by atoms with Gasteiger partial charge in [0.1, 0.15) is 0 Å². The number of nitrogens with one attached hydrogen (secondary N) is 1. The zero-order valence-corrected chi connectivity index (χ0v) is 21.6. The lowest BCUT2D eigenvalue weighted by Gasteiger charge is -2.25. The van der Waals surface area contributed by atoms with Crippen LogP contribution < -0.4 is 20.2 Å². The molecule has 0 bridgehead atoms. The molecule has 182 valence electrons. The number of nitrogens with zero attached hydrogens (tertiary/aromatic N) is 4. The van der Waals surface area contributed by atoms with Crippen LogP contribution in [0.15, 0.2) is 81.9 Å². The van der Waals surface area contributed by atoms with Crippen molar-refractivity contribution in [2.75, 3.05) is 5.32 Å². The number of benzene rings is 2. The molecule has 3 heterocycles. The molecule has 0 spiro atoms. The first-order chi connectivity index (χ1) is 17.4. The maximum absolute atomic E-state index is 13.8. The number of thiazole rings is 1. The number of halogens is 1. The minimum atomic E-state index is -0.649. The van der Waals surface area contributed by atoms with E-state index >= 15 is 0 Å². The van der Waals surface area contributed by atoms with E-state index in [1.165, 1.54) is 11.3 Å². The molecule has 36 heavy (non-hydrogen) atoms. The molecule has 7 nitrogen and oxygen atoms in total. The molecule has 5 rings (SSSR count). The van der Waals surface area contributed by atoms with Crippen LogP contribution in [-0.4, -0.2) is 20.3 Å².